The molecule has 0 unspecified atom stereocenters. The minimum absolute atomic E-state index is 0.0483. The summed E-state index contributed by atoms with van der Waals surface area (Å²) < 4.78 is 5.62. The van der Waals surface area contributed by atoms with E-state index in [0.717, 1.165) is 10.5 Å². The molecule has 36 heavy (non-hydrogen) atoms. The molecule has 3 aromatic rings. The highest BCUT2D eigenvalue weighted by Crippen LogP contribution is 2.32. The molecule has 0 bridgehead atoms. The molecular formula is C27H23Cl2N3O4. The van der Waals surface area contributed by atoms with Crippen LogP contribution in [0.15, 0.2) is 77.5 Å². The van der Waals surface area contributed by atoms with Gasteiger partial charge < -0.3 is 15.4 Å². The lowest BCUT2D eigenvalue weighted by atomic mass is 10.1. The second-order valence-corrected chi connectivity index (χ2v) is 9.23. The number of anilines is 3. The third kappa shape index (κ3) is 5.37. The average Bonchev–Trinajstić information content (AvgIpc) is 3.04. The number of carbonyl (C=O) groups is 3. The number of amides is 3. The Balaban J connectivity index is 1.53. The van der Waals surface area contributed by atoms with E-state index in [1.165, 1.54) is 6.07 Å². The van der Waals surface area contributed by atoms with Gasteiger partial charge in [-0.05, 0) is 80.9 Å². The molecular weight excluding hydrogens is 501 g/mol. The summed E-state index contributed by atoms with van der Waals surface area (Å²) in [5.74, 6) is -0.921. The quantitative estimate of drug-likeness (QED) is 0.364. The van der Waals surface area contributed by atoms with Crippen molar-refractivity contribution in [2.75, 3.05) is 15.5 Å². The normalized spacial score (nSPS) is 13.4. The number of rotatable bonds is 7. The molecule has 0 aliphatic carbocycles. The molecule has 9 heteroatoms. The number of hydrogen-bond donors (Lipinski definition) is 2. The van der Waals surface area contributed by atoms with Gasteiger partial charge in [0, 0.05) is 22.0 Å². The molecule has 3 aromatic carbocycles. The van der Waals surface area contributed by atoms with Gasteiger partial charge in [-0.25, -0.2) is 4.90 Å². The number of nitrogens with one attached hydrogen (secondary N) is 2. The number of nitrogens with zero attached hydrogens (tertiary/aromatic N) is 1. The SMILES string of the molecule is Cc1ccc(C(=O)Nc2ccc(OC(C)C)cc2)cc1NC1=C(Cl)C(=O)N(c2cccc(Cl)c2)C1=O. The molecule has 1 aliphatic heterocycles. The van der Waals surface area contributed by atoms with E-state index < -0.39 is 11.8 Å². The van der Waals surface area contributed by atoms with Crippen LogP contribution >= 0.6 is 23.2 Å². The van der Waals surface area contributed by atoms with Gasteiger partial charge in [0.1, 0.15) is 16.5 Å². The molecule has 1 heterocycles. The summed E-state index contributed by atoms with van der Waals surface area (Å²) in [5, 5.41) is 5.90. The predicted molar refractivity (Wildman–Crippen MR) is 142 cm³/mol. The van der Waals surface area contributed by atoms with Crippen molar-refractivity contribution in [2.45, 2.75) is 26.9 Å². The second-order valence-electron chi connectivity index (χ2n) is 8.41. The number of imide groups is 1. The van der Waals surface area contributed by atoms with Gasteiger partial charge in [-0.2, -0.15) is 0 Å². The lowest BCUT2D eigenvalue weighted by Crippen LogP contribution is -2.32. The van der Waals surface area contributed by atoms with E-state index in [0.29, 0.717) is 33.4 Å². The fourth-order valence-corrected chi connectivity index (χ4v) is 3.98. The summed E-state index contributed by atoms with van der Waals surface area (Å²) in [6.45, 7) is 5.68. The molecule has 4 rings (SSSR count). The highest BCUT2D eigenvalue weighted by atomic mass is 35.5. The number of hydrogen-bond acceptors (Lipinski definition) is 5. The van der Waals surface area contributed by atoms with Crippen molar-refractivity contribution in [2.24, 2.45) is 0 Å². The molecule has 0 spiro atoms. The van der Waals surface area contributed by atoms with Crippen LogP contribution in [0.3, 0.4) is 0 Å². The molecule has 1 aliphatic rings. The van der Waals surface area contributed by atoms with Gasteiger partial charge in [0.25, 0.3) is 17.7 Å². The first-order chi connectivity index (χ1) is 17.1. The monoisotopic (exact) mass is 523 g/mol. The Bertz CT molecular complexity index is 1380. The largest absolute Gasteiger partial charge is 0.491 e. The summed E-state index contributed by atoms with van der Waals surface area (Å²) in [6.07, 6.45) is 0.0483. The molecule has 184 valence electrons. The van der Waals surface area contributed by atoms with Crippen molar-refractivity contribution in [3.8, 4) is 5.75 Å². The average molecular weight is 524 g/mol. The van der Waals surface area contributed by atoms with Gasteiger partial charge in [-0.1, -0.05) is 35.3 Å². The van der Waals surface area contributed by atoms with Crippen LogP contribution < -0.4 is 20.3 Å². The molecule has 0 fully saturated rings. The Labute approximate surface area is 218 Å². The Morgan fingerprint density at radius 1 is 0.944 bits per heavy atom. The van der Waals surface area contributed by atoms with Crippen LogP contribution in [0, 0.1) is 6.92 Å². The number of halogens is 2. The first-order valence-corrected chi connectivity index (χ1v) is 11.9. The van der Waals surface area contributed by atoms with Crippen LogP contribution in [0.1, 0.15) is 29.8 Å². The molecule has 0 aromatic heterocycles. The predicted octanol–water partition coefficient (Wildman–Crippen LogP) is 6.12. The summed E-state index contributed by atoms with van der Waals surface area (Å²) in [6, 6.07) is 18.4. The Kier molecular flexibility index (Phi) is 7.33. The van der Waals surface area contributed by atoms with Crippen LogP contribution in [0.25, 0.3) is 0 Å². The van der Waals surface area contributed by atoms with E-state index in [1.54, 1.807) is 60.7 Å². The van der Waals surface area contributed by atoms with E-state index in [2.05, 4.69) is 10.6 Å². The molecule has 0 atom stereocenters. The fraction of sp³-hybridized carbons (Fsp3) is 0.148. The zero-order valence-corrected chi connectivity index (χ0v) is 21.3. The summed E-state index contributed by atoms with van der Waals surface area (Å²) in [5.41, 5.74) is 2.40. The zero-order valence-electron chi connectivity index (χ0n) is 19.8. The Hall–Kier alpha value is -3.81. The second kappa shape index (κ2) is 10.4. The summed E-state index contributed by atoms with van der Waals surface area (Å²) >= 11 is 12.3. The van der Waals surface area contributed by atoms with Crippen LogP contribution in [0.2, 0.25) is 5.02 Å². The van der Waals surface area contributed by atoms with Crippen molar-refractivity contribution in [1.29, 1.82) is 0 Å². The van der Waals surface area contributed by atoms with E-state index >= 15 is 0 Å². The number of ether oxygens (including phenoxy) is 1. The van der Waals surface area contributed by atoms with E-state index in [9.17, 15) is 14.4 Å². The standard InChI is InChI=1S/C27H23Cl2N3O4/c1-15(2)36-21-11-9-19(10-12-21)30-25(33)17-8-7-16(3)22(13-17)31-24-23(29)26(34)32(27(24)35)20-6-4-5-18(28)14-20/h4-15,31H,1-3H3,(H,30,33). The third-order valence-electron chi connectivity index (χ3n) is 5.34. The zero-order chi connectivity index (χ0) is 26.0. The Morgan fingerprint density at radius 2 is 1.67 bits per heavy atom. The van der Waals surface area contributed by atoms with Crippen LogP contribution in [-0.4, -0.2) is 23.8 Å². The van der Waals surface area contributed by atoms with E-state index in [-0.39, 0.29) is 22.7 Å². The van der Waals surface area contributed by atoms with Crippen molar-refractivity contribution in [1.82, 2.24) is 0 Å². The smallest absolute Gasteiger partial charge is 0.283 e. The van der Waals surface area contributed by atoms with Gasteiger partial charge in [0.2, 0.25) is 0 Å². The number of carbonyl (C=O) groups excluding carboxylic acids is 3. The van der Waals surface area contributed by atoms with Crippen LogP contribution in [0.4, 0.5) is 17.1 Å². The van der Waals surface area contributed by atoms with Gasteiger partial charge in [-0.3, -0.25) is 14.4 Å². The maximum absolute atomic E-state index is 13.1. The van der Waals surface area contributed by atoms with Crippen molar-refractivity contribution in [3.05, 3.63) is 93.6 Å². The van der Waals surface area contributed by atoms with E-state index in [1.807, 2.05) is 20.8 Å². The minimum Gasteiger partial charge on any atom is -0.491 e. The molecule has 0 saturated carbocycles. The lowest BCUT2D eigenvalue weighted by molar-refractivity contribution is -0.120. The van der Waals surface area contributed by atoms with E-state index in [4.69, 9.17) is 27.9 Å². The fourth-order valence-electron chi connectivity index (χ4n) is 3.59. The number of benzene rings is 3. The van der Waals surface area contributed by atoms with Crippen molar-refractivity contribution in [3.63, 3.8) is 0 Å². The van der Waals surface area contributed by atoms with Crippen molar-refractivity contribution >= 4 is 58.0 Å². The van der Waals surface area contributed by atoms with Gasteiger partial charge in [-0.15, -0.1) is 0 Å². The maximum atomic E-state index is 13.1. The topological polar surface area (TPSA) is 87.7 Å². The highest BCUT2D eigenvalue weighted by Gasteiger charge is 2.39. The van der Waals surface area contributed by atoms with Crippen LogP contribution in [-0.2, 0) is 9.59 Å². The van der Waals surface area contributed by atoms with Gasteiger partial charge in [0.05, 0.1) is 11.8 Å². The summed E-state index contributed by atoms with van der Waals surface area (Å²) in [4.78, 5) is 39.6. The maximum Gasteiger partial charge on any atom is 0.283 e. The summed E-state index contributed by atoms with van der Waals surface area (Å²) in [7, 11) is 0. The molecule has 0 radical (unpaired) electrons. The molecule has 2 N–H and O–H groups in total. The molecule has 3 amide bonds. The Morgan fingerprint density at radius 3 is 2.33 bits per heavy atom. The number of aryl methyl sites for hydroxylation is 1. The van der Waals surface area contributed by atoms with Crippen molar-refractivity contribution < 1.29 is 19.1 Å². The molecule has 7 nitrogen and oxygen atoms in total. The van der Waals surface area contributed by atoms with Gasteiger partial charge in [0.15, 0.2) is 0 Å². The molecule has 0 saturated heterocycles. The van der Waals surface area contributed by atoms with Crippen LogP contribution in [0.5, 0.6) is 5.75 Å². The first kappa shape index (κ1) is 25.3. The highest BCUT2D eigenvalue weighted by molar-refractivity contribution is 6.53. The van der Waals surface area contributed by atoms with Gasteiger partial charge >= 0.3 is 0 Å². The lowest BCUT2D eigenvalue weighted by Gasteiger charge is -2.16. The third-order valence-corrected chi connectivity index (χ3v) is 5.92. The minimum atomic E-state index is -0.664. The first-order valence-electron chi connectivity index (χ1n) is 11.1.